The van der Waals surface area contributed by atoms with Gasteiger partial charge in [0.05, 0.1) is 5.69 Å². The minimum Gasteiger partial charge on any atom is -0.507 e. The molecule has 2 aromatic rings. The number of aliphatic imine (C=N–C) groups is 1. The predicted molar refractivity (Wildman–Crippen MR) is 75.9 cm³/mol. The molecule has 0 unspecified atom stereocenters. The van der Waals surface area contributed by atoms with Crippen LogP contribution >= 0.6 is 0 Å². The van der Waals surface area contributed by atoms with E-state index in [1.54, 1.807) is 18.3 Å². The summed E-state index contributed by atoms with van der Waals surface area (Å²) in [5.74, 6) is 0.742. The van der Waals surface area contributed by atoms with Crippen molar-refractivity contribution in [1.29, 1.82) is 0 Å². The van der Waals surface area contributed by atoms with E-state index in [0.717, 1.165) is 11.3 Å². The monoisotopic (exact) mass is 239 g/mol. The summed E-state index contributed by atoms with van der Waals surface area (Å²) in [6.45, 7) is 4.32. The number of rotatable bonds is 3. The second-order valence-electron chi connectivity index (χ2n) is 4.57. The third-order valence-electron chi connectivity index (χ3n) is 2.83. The van der Waals surface area contributed by atoms with E-state index in [1.807, 2.05) is 24.3 Å². The minimum absolute atomic E-state index is 0.251. The molecule has 0 aromatic heterocycles. The molecule has 0 saturated carbocycles. The smallest absolute Gasteiger partial charge is 0.124 e. The molecule has 0 amide bonds. The summed E-state index contributed by atoms with van der Waals surface area (Å²) in [4.78, 5) is 4.40. The summed E-state index contributed by atoms with van der Waals surface area (Å²) in [5, 5.41) is 9.64. The van der Waals surface area contributed by atoms with Crippen molar-refractivity contribution >= 4 is 11.9 Å². The zero-order valence-corrected chi connectivity index (χ0v) is 10.7. The van der Waals surface area contributed by atoms with Crippen LogP contribution in [0.2, 0.25) is 0 Å². The Labute approximate surface area is 108 Å². The number of benzene rings is 2. The van der Waals surface area contributed by atoms with Crippen LogP contribution in [0.5, 0.6) is 5.75 Å². The number of phenols is 1. The highest BCUT2D eigenvalue weighted by atomic mass is 16.3. The molecule has 0 aliphatic carbocycles. The van der Waals surface area contributed by atoms with E-state index < -0.39 is 0 Å². The van der Waals surface area contributed by atoms with Crippen LogP contribution in [0, 0.1) is 0 Å². The fourth-order valence-corrected chi connectivity index (χ4v) is 1.70. The molecule has 18 heavy (non-hydrogen) atoms. The SMILES string of the molecule is CC(C)c1cccc(N=Cc2ccccc2O)c1. The molecule has 2 heteroatoms. The summed E-state index contributed by atoms with van der Waals surface area (Å²) in [7, 11) is 0. The molecule has 0 bridgehead atoms. The number of hydrogen-bond donors (Lipinski definition) is 1. The summed E-state index contributed by atoms with van der Waals surface area (Å²) in [5.41, 5.74) is 2.90. The first-order valence-electron chi connectivity index (χ1n) is 6.09. The van der Waals surface area contributed by atoms with Crippen LogP contribution in [0.4, 0.5) is 5.69 Å². The molecule has 0 radical (unpaired) electrons. The average Bonchev–Trinajstić information content (AvgIpc) is 2.38. The van der Waals surface area contributed by atoms with Gasteiger partial charge in [-0.2, -0.15) is 0 Å². The molecule has 2 aromatic carbocycles. The van der Waals surface area contributed by atoms with Gasteiger partial charge in [0, 0.05) is 11.8 Å². The first-order valence-corrected chi connectivity index (χ1v) is 6.09. The fourth-order valence-electron chi connectivity index (χ4n) is 1.70. The molecule has 0 saturated heterocycles. The quantitative estimate of drug-likeness (QED) is 0.797. The normalized spacial score (nSPS) is 11.3. The Morgan fingerprint density at radius 2 is 1.83 bits per heavy atom. The molecule has 0 atom stereocenters. The number of hydrogen-bond acceptors (Lipinski definition) is 2. The second-order valence-corrected chi connectivity index (χ2v) is 4.57. The van der Waals surface area contributed by atoms with Gasteiger partial charge in [0.25, 0.3) is 0 Å². The standard InChI is InChI=1S/C16H17NO/c1-12(2)13-7-5-8-15(10-13)17-11-14-6-3-4-9-16(14)18/h3-12,18H,1-2H3. The van der Waals surface area contributed by atoms with Crippen molar-refractivity contribution in [3.63, 3.8) is 0 Å². The van der Waals surface area contributed by atoms with Crippen molar-refractivity contribution in [1.82, 2.24) is 0 Å². The van der Waals surface area contributed by atoms with Crippen molar-refractivity contribution in [2.45, 2.75) is 19.8 Å². The molecular formula is C16H17NO. The largest absolute Gasteiger partial charge is 0.507 e. The number of nitrogens with zero attached hydrogens (tertiary/aromatic N) is 1. The first-order chi connectivity index (χ1) is 8.66. The highest BCUT2D eigenvalue weighted by molar-refractivity contribution is 5.85. The molecule has 0 heterocycles. The maximum absolute atomic E-state index is 9.64. The maximum atomic E-state index is 9.64. The lowest BCUT2D eigenvalue weighted by Gasteiger charge is -2.05. The van der Waals surface area contributed by atoms with E-state index in [1.165, 1.54) is 5.56 Å². The van der Waals surface area contributed by atoms with Gasteiger partial charge in [-0.3, -0.25) is 4.99 Å². The summed E-state index contributed by atoms with van der Waals surface area (Å²) in [6, 6.07) is 15.3. The third kappa shape index (κ3) is 2.98. The van der Waals surface area contributed by atoms with Crippen LogP contribution in [0.25, 0.3) is 0 Å². The molecule has 2 rings (SSSR count). The molecule has 0 spiro atoms. The van der Waals surface area contributed by atoms with Crippen LogP contribution in [-0.4, -0.2) is 11.3 Å². The van der Waals surface area contributed by atoms with Crippen LogP contribution < -0.4 is 0 Å². The van der Waals surface area contributed by atoms with Crippen molar-refractivity contribution in [2.24, 2.45) is 4.99 Å². The van der Waals surface area contributed by atoms with E-state index >= 15 is 0 Å². The van der Waals surface area contributed by atoms with Gasteiger partial charge in [0.15, 0.2) is 0 Å². The molecule has 0 aliphatic heterocycles. The van der Waals surface area contributed by atoms with Crippen molar-refractivity contribution in [3.05, 3.63) is 59.7 Å². The summed E-state index contributed by atoms with van der Waals surface area (Å²) >= 11 is 0. The van der Waals surface area contributed by atoms with Gasteiger partial charge in [-0.15, -0.1) is 0 Å². The minimum atomic E-state index is 0.251. The lowest BCUT2D eigenvalue weighted by Crippen LogP contribution is -1.86. The van der Waals surface area contributed by atoms with Crippen LogP contribution in [-0.2, 0) is 0 Å². The third-order valence-corrected chi connectivity index (χ3v) is 2.83. The lowest BCUT2D eigenvalue weighted by atomic mass is 10.0. The van der Waals surface area contributed by atoms with Gasteiger partial charge in [-0.1, -0.05) is 38.1 Å². The molecular weight excluding hydrogens is 222 g/mol. The summed E-state index contributed by atoms with van der Waals surface area (Å²) in [6.07, 6.45) is 1.69. The Hall–Kier alpha value is -2.09. The first kappa shape index (κ1) is 12.4. The van der Waals surface area contributed by atoms with Crippen LogP contribution in [0.15, 0.2) is 53.5 Å². The van der Waals surface area contributed by atoms with Crippen LogP contribution in [0.3, 0.4) is 0 Å². The van der Waals surface area contributed by atoms with Gasteiger partial charge in [0.2, 0.25) is 0 Å². The van der Waals surface area contributed by atoms with E-state index in [-0.39, 0.29) is 5.75 Å². The highest BCUT2D eigenvalue weighted by Crippen LogP contribution is 2.21. The highest BCUT2D eigenvalue weighted by Gasteiger charge is 1.99. The summed E-state index contributed by atoms with van der Waals surface area (Å²) < 4.78 is 0. The van der Waals surface area contributed by atoms with E-state index in [2.05, 4.69) is 31.0 Å². The van der Waals surface area contributed by atoms with Gasteiger partial charge in [-0.25, -0.2) is 0 Å². The van der Waals surface area contributed by atoms with Gasteiger partial charge in [-0.05, 0) is 35.7 Å². The Kier molecular flexibility index (Phi) is 3.78. The molecule has 92 valence electrons. The zero-order valence-electron chi connectivity index (χ0n) is 10.7. The lowest BCUT2D eigenvalue weighted by molar-refractivity contribution is 0.474. The van der Waals surface area contributed by atoms with Crippen molar-refractivity contribution in [3.8, 4) is 5.75 Å². The molecule has 0 aliphatic rings. The topological polar surface area (TPSA) is 32.6 Å². The average molecular weight is 239 g/mol. The Bertz CT molecular complexity index is 559. The molecule has 2 nitrogen and oxygen atoms in total. The van der Waals surface area contributed by atoms with E-state index in [4.69, 9.17) is 0 Å². The fraction of sp³-hybridized carbons (Fsp3) is 0.188. The predicted octanol–water partition coefficient (Wildman–Crippen LogP) is 4.27. The molecule has 0 fully saturated rings. The maximum Gasteiger partial charge on any atom is 0.124 e. The number of phenolic OH excluding ortho intramolecular Hbond substituents is 1. The van der Waals surface area contributed by atoms with Gasteiger partial charge >= 0.3 is 0 Å². The van der Waals surface area contributed by atoms with Crippen LogP contribution in [0.1, 0.15) is 30.9 Å². The van der Waals surface area contributed by atoms with E-state index in [9.17, 15) is 5.11 Å². The zero-order chi connectivity index (χ0) is 13.0. The van der Waals surface area contributed by atoms with Crippen molar-refractivity contribution < 1.29 is 5.11 Å². The number of aromatic hydroxyl groups is 1. The number of para-hydroxylation sites is 1. The van der Waals surface area contributed by atoms with E-state index in [0.29, 0.717) is 5.92 Å². The Morgan fingerprint density at radius 3 is 2.56 bits per heavy atom. The van der Waals surface area contributed by atoms with Gasteiger partial charge < -0.3 is 5.11 Å². The second kappa shape index (κ2) is 5.50. The molecule has 1 N–H and O–H groups in total. The van der Waals surface area contributed by atoms with Gasteiger partial charge in [0.1, 0.15) is 5.75 Å². The Morgan fingerprint density at radius 1 is 1.06 bits per heavy atom. The Balaban J connectivity index is 2.24. The van der Waals surface area contributed by atoms with Crippen molar-refractivity contribution in [2.75, 3.05) is 0 Å².